The largest absolute Gasteiger partial charge is 0.460 e. The minimum Gasteiger partial charge on any atom is -0.460 e. The van der Waals surface area contributed by atoms with Crippen LogP contribution in [0.3, 0.4) is 0 Å². The molecule has 0 unspecified atom stereocenters. The van der Waals surface area contributed by atoms with E-state index >= 15 is 0 Å². The van der Waals surface area contributed by atoms with E-state index in [9.17, 15) is 0 Å². The number of furan rings is 1. The molecule has 0 aliphatic carbocycles. The highest BCUT2D eigenvalue weighted by Gasteiger charge is 2.20. The van der Waals surface area contributed by atoms with Crippen molar-refractivity contribution in [3.05, 3.63) is 35.9 Å². The maximum Gasteiger partial charge on any atom is 0.226 e. The summed E-state index contributed by atoms with van der Waals surface area (Å²) in [6.07, 6.45) is 1.74. The number of aromatic nitrogens is 3. The molecule has 0 aromatic carbocycles. The van der Waals surface area contributed by atoms with Crippen molar-refractivity contribution in [1.29, 1.82) is 0 Å². The summed E-state index contributed by atoms with van der Waals surface area (Å²) in [6, 6.07) is 5.65. The molecular formula is C19H24N4O4. The first-order chi connectivity index (χ1) is 13.1. The number of aryl methyl sites for hydroxylation is 2. The van der Waals surface area contributed by atoms with Crippen LogP contribution < -0.4 is 4.90 Å². The Hall–Kier alpha value is -2.71. The van der Waals surface area contributed by atoms with Crippen LogP contribution in [0.25, 0.3) is 22.8 Å². The van der Waals surface area contributed by atoms with Crippen molar-refractivity contribution in [3.8, 4) is 22.8 Å². The molecule has 3 rings (SSSR count). The van der Waals surface area contributed by atoms with Crippen LogP contribution in [0, 0.1) is 13.8 Å². The second kappa shape index (κ2) is 8.79. The van der Waals surface area contributed by atoms with E-state index < -0.39 is 0 Å². The number of rotatable bonds is 9. The van der Waals surface area contributed by atoms with Gasteiger partial charge in [-0.2, -0.15) is 0 Å². The first kappa shape index (κ1) is 19.1. The molecule has 0 amide bonds. The van der Waals surface area contributed by atoms with Crippen molar-refractivity contribution in [1.82, 2.24) is 15.1 Å². The van der Waals surface area contributed by atoms with Gasteiger partial charge in [0.25, 0.3) is 0 Å². The van der Waals surface area contributed by atoms with Crippen molar-refractivity contribution in [2.45, 2.75) is 13.8 Å². The van der Waals surface area contributed by atoms with Crippen LogP contribution in [0.5, 0.6) is 0 Å². The molecule has 3 heterocycles. The Morgan fingerprint density at radius 2 is 1.78 bits per heavy atom. The predicted octanol–water partition coefficient (Wildman–Crippen LogP) is 3.11. The third-order valence-corrected chi connectivity index (χ3v) is 4.06. The lowest BCUT2D eigenvalue weighted by Gasteiger charge is -2.22. The van der Waals surface area contributed by atoms with Gasteiger partial charge >= 0.3 is 0 Å². The Morgan fingerprint density at radius 3 is 2.33 bits per heavy atom. The Kier molecular flexibility index (Phi) is 6.20. The van der Waals surface area contributed by atoms with Gasteiger partial charge in [-0.25, -0.2) is 9.97 Å². The molecule has 0 spiro atoms. The fraction of sp³-hybridized carbons (Fsp3) is 0.421. The van der Waals surface area contributed by atoms with E-state index in [0.717, 1.165) is 17.0 Å². The summed E-state index contributed by atoms with van der Waals surface area (Å²) in [6.45, 7) is 6.19. The van der Waals surface area contributed by atoms with Crippen LogP contribution in [0.15, 0.2) is 33.3 Å². The van der Waals surface area contributed by atoms with Crippen LogP contribution in [-0.4, -0.2) is 55.6 Å². The quantitative estimate of drug-likeness (QED) is 0.566. The smallest absolute Gasteiger partial charge is 0.226 e. The fourth-order valence-electron chi connectivity index (χ4n) is 2.66. The standard InChI is InChI=1S/C19H24N4O4/c1-13-11-17(27-22-13)15-12-20-19(23(7-9-24-3)8-10-25-4)21-18(15)16-6-5-14(2)26-16/h5-6,11-12H,7-10H2,1-4H3. The lowest BCUT2D eigenvalue weighted by atomic mass is 10.1. The lowest BCUT2D eigenvalue weighted by molar-refractivity contribution is 0.189. The van der Waals surface area contributed by atoms with E-state index in [4.69, 9.17) is 23.4 Å². The predicted molar refractivity (Wildman–Crippen MR) is 101 cm³/mol. The minimum atomic E-state index is 0.561. The molecule has 0 N–H and O–H groups in total. The molecule has 8 heteroatoms. The van der Waals surface area contributed by atoms with Crippen LogP contribution in [-0.2, 0) is 9.47 Å². The van der Waals surface area contributed by atoms with Gasteiger partial charge in [-0.15, -0.1) is 0 Å². The maximum absolute atomic E-state index is 5.82. The van der Waals surface area contributed by atoms with Crippen molar-refractivity contribution in [3.63, 3.8) is 0 Å². The van der Waals surface area contributed by atoms with Gasteiger partial charge < -0.3 is 23.3 Å². The second-order valence-electron chi connectivity index (χ2n) is 6.15. The fourth-order valence-corrected chi connectivity index (χ4v) is 2.66. The summed E-state index contributed by atoms with van der Waals surface area (Å²) in [5.41, 5.74) is 2.17. The molecule has 0 atom stereocenters. The first-order valence-corrected chi connectivity index (χ1v) is 8.72. The normalized spacial score (nSPS) is 11.1. The van der Waals surface area contributed by atoms with Gasteiger partial charge in [0, 0.05) is 39.6 Å². The van der Waals surface area contributed by atoms with Crippen molar-refractivity contribution >= 4 is 5.95 Å². The Labute approximate surface area is 158 Å². The molecule has 3 aromatic rings. The highest BCUT2D eigenvalue weighted by molar-refractivity contribution is 5.76. The zero-order valence-corrected chi connectivity index (χ0v) is 16.1. The Bertz CT molecular complexity index is 866. The van der Waals surface area contributed by atoms with Crippen LogP contribution in [0.2, 0.25) is 0 Å². The third kappa shape index (κ3) is 4.53. The van der Waals surface area contributed by atoms with Crippen LogP contribution in [0.4, 0.5) is 5.95 Å². The molecule has 0 aliphatic heterocycles. The number of hydrogen-bond acceptors (Lipinski definition) is 8. The van der Waals surface area contributed by atoms with Crippen molar-refractivity contribution in [2.24, 2.45) is 0 Å². The topological polar surface area (TPSA) is 86.7 Å². The second-order valence-corrected chi connectivity index (χ2v) is 6.15. The average Bonchev–Trinajstić information content (AvgIpc) is 3.30. The highest BCUT2D eigenvalue weighted by Crippen LogP contribution is 2.32. The van der Waals surface area contributed by atoms with Gasteiger partial charge in [0.2, 0.25) is 5.95 Å². The third-order valence-electron chi connectivity index (χ3n) is 4.06. The Balaban J connectivity index is 2.03. The van der Waals surface area contributed by atoms with Gasteiger partial charge in [0.15, 0.2) is 11.5 Å². The molecule has 0 radical (unpaired) electrons. The van der Waals surface area contributed by atoms with Crippen LogP contribution in [0.1, 0.15) is 11.5 Å². The highest BCUT2D eigenvalue weighted by atomic mass is 16.5. The SMILES string of the molecule is COCCN(CCOC)c1ncc(-c2cc(C)no2)c(-c2ccc(C)o2)n1. The van der Waals surface area contributed by atoms with Gasteiger partial charge in [0.1, 0.15) is 11.5 Å². The number of anilines is 1. The summed E-state index contributed by atoms with van der Waals surface area (Å²) in [5.74, 6) is 2.63. The molecule has 8 nitrogen and oxygen atoms in total. The zero-order chi connectivity index (χ0) is 19.2. The zero-order valence-electron chi connectivity index (χ0n) is 16.1. The van der Waals surface area contributed by atoms with E-state index in [1.807, 2.05) is 36.9 Å². The summed E-state index contributed by atoms with van der Waals surface area (Å²) in [7, 11) is 3.34. The summed E-state index contributed by atoms with van der Waals surface area (Å²) >= 11 is 0. The van der Waals surface area contributed by atoms with E-state index in [1.54, 1.807) is 20.4 Å². The van der Waals surface area contributed by atoms with Gasteiger partial charge in [0.05, 0.1) is 24.5 Å². The number of ether oxygens (including phenoxy) is 2. The molecule has 0 fully saturated rings. The molecule has 0 saturated heterocycles. The van der Waals surface area contributed by atoms with E-state index in [2.05, 4.69) is 10.1 Å². The number of hydrogen-bond donors (Lipinski definition) is 0. The van der Waals surface area contributed by atoms with E-state index in [0.29, 0.717) is 49.5 Å². The Morgan fingerprint density at radius 1 is 1.04 bits per heavy atom. The maximum atomic E-state index is 5.82. The molecule has 144 valence electrons. The molecule has 0 aliphatic rings. The molecule has 0 bridgehead atoms. The van der Waals surface area contributed by atoms with Gasteiger partial charge in [-0.1, -0.05) is 5.16 Å². The van der Waals surface area contributed by atoms with Gasteiger partial charge in [-0.3, -0.25) is 0 Å². The minimum absolute atomic E-state index is 0.561. The number of nitrogens with zero attached hydrogens (tertiary/aromatic N) is 4. The van der Waals surface area contributed by atoms with Crippen LogP contribution >= 0.6 is 0 Å². The van der Waals surface area contributed by atoms with Crippen molar-refractivity contribution in [2.75, 3.05) is 45.4 Å². The average molecular weight is 372 g/mol. The summed E-state index contributed by atoms with van der Waals surface area (Å²) in [5, 5.41) is 3.97. The summed E-state index contributed by atoms with van der Waals surface area (Å²) < 4.78 is 21.7. The first-order valence-electron chi connectivity index (χ1n) is 8.72. The lowest BCUT2D eigenvalue weighted by Crippen LogP contribution is -2.32. The van der Waals surface area contributed by atoms with E-state index in [1.165, 1.54) is 0 Å². The molecule has 3 aromatic heterocycles. The molecular weight excluding hydrogens is 348 g/mol. The van der Waals surface area contributed by atoms with Gasteiger partial charge in [-0.05, 0) is 26.0 Å². The van der Waals surface area contributed by atoms with Crippen molar-refractivity contribution < 1.29 is 18.4 Å². The molecule has 0 saturated carbocycles. The van der Waals surface area contributed by atoms with E-state index in [-0.39, 0.29) is 0 Å². The molecule has 27 heavy (non-hydrogen) atoms. The summed E-state index contributed by atoms with van der Waals surface area (Å²) in [4.78, 5) is 11.3. The monoisotopic (exact) mass is 372 g/mol. The number of methoxy groups -OCH3 is 2.